The second kappa shape index (κ2) is 7.43. The van der Waals surface area contributed by atoms with Crippen LogP contribution in [-0.2, 0) is 19.6 Å². The number of hydrogen-bond acceptors (Lipinski definition) is 6. The number of sulfonamides is 1. The van der Waals surface area contributed by atoms with E-state index < -0.39 is 27.9 Å². The van der Waals surface area contributed by atoms with Crippen molar-refractivity contribution >= 4 is 33.4 Å². The smallest absolute Gasteiger partial charge is 0.337 e. The molecule has 28 heavy (non-hydrogen) atoms. The van der Waals surface area contributed by atoms with Crippen LogP contribution in [0.25, 0.3) is 0 Å². The lowest BCUT2D eigenvalue weighted by Gasteiger charge is -2.13. The fourth-order valence-corrected chi connectivity index (χ4v) is 3.96. The van der Waals surface area contributed by atoms with Crippen LogP contribution in [0.15, 0.2) is 52.4 Å². The third-order valence-corrected chi connectivity index (χ3v) is 5.68. The van der Waals surface area contributed by atoms with Crippen LogP contribution in [0.2, 0.25) is 0 Å². The molecular weight excluding hydrogens is 382 g/mol. The third-order valence-electron chi connectivity index (χ3n) is 4.28. The van der Waals surface area contributed by atoms with Gasteiger partial charge in [0.25, 0.3) is 10.0 Å². The van der Waals surface area contributed by atoms with E-state index in [1.165, 1.54) is 19.2 Å². The van der Waals surface area contributed by atoms with E-state index in [1.807, 2.05) is 0 Å². The zero-order chi connectivity index (χ0) is 20.5. The second-order valence-electron chi connectivity index (χ2n) is 6.27. The summed E-state index contributed by atoms with van der Waals surface area (Å²) in [6.07, 6.45) is 0. The van der Waals surface area contributed by atoms with Gasteiger partial charge < -0.3 is 10.1 Å². The van der Waals surface area contributed by atoms with E-state index in [-0.39, 0.29) is 10.7 Å². The molecule has 1 amide bonds. The van der Waals surface area contributed by atoms with Crippen LogP contribution in [0.1, 0.15) is 28.4 Å². The highest BCUT2D eigenvalue weighted by molar-refractivity contribution is 7.90. The van der Waals surface area contributed by atoms with Crippen LogP contribution in [0.4, 0.5) is 5.69 Å². The van der Waals surface area contributed by atoms with Crippen molar-refractivity contribution in [1.29, 1.82) is 0 Å². The van der Waals surface area contributed by atoms with Gasteiger partial charge in [-0.3, -0.25) is 14.5 Å². The molecule has 2 aromatic rings. The molecule has 1 atom stereocenters. The summed E-state index contributed by atoms with van der Waals surface area (Å²) in [6.45, 7) is 3.34. The molecule has 1 heterocycles. The van der Waals surface area contributed by atoms with Crippen LogP contribution in [0.5, 0.6) is 0 Å². The van der Waals surface area contributed by atoms with Gasteiger partial charge in [0, 0.05) is 11.3 Å². The number of anilines is 1. The van der Waals surface area contributed by atoms with Crippen molar-refractivity contribution in [1.82, 2.24) is 4.72 Å². The number of rotatable bonds is 4. The van der Waals surface area contributed by atoms with E-state index in [2.05, 4.69) is 19.8 Å². The lowest BCUT2D eigenvalue weighted by molar-refractivity contribution is -0.117. The van der Waals surface area contributed by atoms with Gasteiger partial charge in [0.05, 0.1) is 17.6 Å². The van der Waals surface area contributed by atoms with Crippen molar-refractivity contribution < 1.29 is 22.7 Å². The van der Waals surface area contributed by atoms with Crippen molar-refractivity contribution in [2.75, 3.05) is 12.4 Å². The number of hydrogen-bond donors (Lipinski definition) is 2. The number of nitrogens with zero attached hydrogens (tertiary/aromatic N) is 1. The summed E-state index contributed by atoms with van der Waals surface area (Å²) in [4.78, 5) is 28.6. The fourth-order valence-electron chi connectivity index (χ4n) is 2.72. The summed E-state index contributed by atoms with van der Waals surface area (Å²) < 4.78 is 31.3. The predicted molar refractivity (Wildman–Crippen MR) is 104 cm³/mol. The summed E-state index contributed by atoms with van der Waals surface area (Å²) in [5.41, 5.74) is 1.94. The fraction of sp³-hybridized carbons (Fsp3) is 0.211. The lowest BCUT2D eigenvalue weighted by Crippen LogP contribution is -2.29. The van der Waals surface area contributed by atoms with Crippen LogP contribution < -0.4 is 10.0 Å². The van der Waals surface area contributed by atoms with Crippen LogP contribution >= 0.6 is 0 Å². The maximum Gasteiger partial charge on any atom is 0.337 e. The summed E-state index contributed by atoms with van der Waals surface area (Å²) in [6, 6.07) is 10.4. The molecule has 1 aliphatic heterocycles. The molecule has 2 aromatic carbocycles. The molecule has 0 fully saturated rings. The van der Waals surface area contributed by atoms with Gasteiger partial charge in [0.2, 0.25) is 5.91 Å². The Balaban J connectivity index is 1.83. The number of ether oxygens (including phenoxy) is 1. The highest BCUT2D eigenvalue weighted by atomic mass is 32.2. The van der Waals surface area contributed by atoms with Gasteiger partial charge in [-0.05, 0) is 43.7 Å². The molecular formula is C19H19N3O5S. The molecule has 0 bridgehead atoms. The first-order chi connectivity index (χ1) is 13.2. The van der Waals surface area contributed by atoms with Gasteiger partial charge >= 0.3 is 5.97 Å². The number of amidine groups is 1. The molecule has 0 spiro atoms. The summed E-state index contributed by atoms with van der Waals surface area (Å²) >= 11 is 0. The molecule has 0 aromatic heterocycles. The number of aliphatic imine (C=N–C) groups is 1. The highest BCUT2D eigenvalue weighted by Crippen LogP contribution is 2.23. The zero-order valence-corrected chi connectivity index (χ0v) is 16.3. The molecule has 0 unspecified atom stereocenters. The number of nitrogens with one attached hydrogen (secondary N) is 2. The van der Waals surface area contributed by atoms with E-state index in [4.69, 9.17) is 0 Å². The minimum Gasteiger partial charge on any atom is -0.465 e. The van der Waals surface area contributed by atoms with Gasteiger partial charge in [-0.2, -0.15) is 0 Å². The Morgan fingerprint density at radius 3 is 2.61 bits per heavy atom. The molecule has 3 rings (SSSR count). The second-order valence-corrected chi connectivity index (χ2v) is 7.92. The topological polar surface area (TPSA) is 114 Å². The summed E-state index contributed by atoms with van der Waals surface area (Å²) in [7, 11) is -2.40. The van der Waals surface area contributed by atoms with Gasteiger partial charge in [-0.25, -0.2) is 13.2 Å². The average molecular weight is 401 g/mol. The first kappa shape index (κ1) is 19.6. The summed E-state index contributed by atoms with van der Waals surface area (Å²) in [5.74, 6) is -0.833. The van der Waals surface area contributed by atoms with Crippen LogP contribution in [-0.4, -0.2) is 39.3 Å². The molecule has 0 saturated heterocycles. The molecule has 146 valence electrons. The van der Waals surface area contributed by atoms with Crippen LogP contribution in [0, 0.1) is 6.92 Å². The molecule has 2 N–H and O–H groups in total. The normalized spacial score (nSPS) is 16.8. The minimum absolute atomic E-state index is 0.123. The quantitative estimate of drug-likeness (QED) is 0.759. The SMILES string of the molecule is COC(=O)c1ccc(C)c(NC(=O)[C@H](C)N=C2NS(=O)(=O)c3ccccc32)c1. The van der Waals surface area contributed by atoms with E-state index in [1.54, 1.807) is 44.2 Å². The van der Waals surface area contributed by atoms with Gasteiger partial charge in [0.15, 0.2) is 0 Å². The number of methoxy groups -OCH3 is 1. The Kier molecular flexibility index (Phi) is 5.19. The molecule has 0 radical (unpaired) electrons. The molecule has 0 aliphatic carbocycles. The Bertz CT molecular complexity index is 1090. The Morgan fingerprint density at radius 2 is 1.89 bits per heavy atom. The van der Waals surface area contributed by atoms with E-state index in [0.717, 1.165) is 5.56 Å². The van der Waals surface area contributed by atoms with E-state index >= 15 is 0 Å². The number of esters is 1. The first-order valence-electron chi connectivity index (χ1n) is 8.43. The third kappa shape index (κ3) is 3.74. The average Bonchev–Trinajstić information content (AvgIpc) is 2.93. The summed E-state index contributed by atoms with van der Waals surface area (Å²) in [5, 5.41) is 2.72. The monoisotopic (exact) mass is 401 g/mol. The number of aryl methyl sites for hydroxylation is 1. The van der Waals surface area contributed by atoms with Gasteiger partial charge in [-0.15, -0.1) is 0 Å². The molecule has 9 heteroatoms. The molecule has 0 saturated carbocycles. The molecule has 1 aliphatic rings. The van der Waals surface area contributed by atoms with Gasteiger partial charge in [0.1, 0.15) is 11.9 Å². The van der Waals surface area contributed by atoms with E-state index in [0.29, 0.717) is 16.8 Å². The Labute approximate surface area is 162 Å². The van der Waals surface area contributed by atoms with Gasteiger partial charge in [-0.1, -0.05) is 18.2 Å². The Hall–Kier alpha value is -3.20. The largest absolute Gasteiger partial charge is 0.465 e. The lowest BCUT2D eigenvalue weighted by atomic mass is 10.1. The zero-order valence-electron chi connectivity index (χ0n) is 15.5. The number of fused-ring (bicyclic) bond motifs is 1. The van der Waals surface area contributed by atoms with Crippen molar-refractivity contribution in [3.63, 3.8) is 0 Å². The minimum atomic E-state index is -3.67. The predicted octanol–water partition coefficient (Wildman–Crippen LogP) is 1.85. The Morgan fingerprint density at radius 1 is 1.18 bits per heavy atom. The number of carbonyl (C=O) groups is 2. The maximum absolute atomic E-state index is 12.6. The number of amides is 1. The van der Waals surface area contributed by atoms with Crippen molar-refractivity contribution in [2.24, 2.45) is 4.99 Å². The van der Waals surface area contributed by atoms with E-state index in [9.17, 15) is 18.0 Å². The number of benzene rings is 2. The maximum atomic E-state index is 12.6. The molecule has 8 nitrogen and oxygen atoms in total. The van der Waals surface area contributed by atoms with Crippen molar-refractivity contribution in [3.05, 3.63) is 59.2 Å². The van der Waals surface area contributed by atoms with Crippen LogP contribution in [0.3, 0.4) is 0 Å². The number of carbonyl (C=O) groups excluding carboxylic acids is 2. The van der Waals surface area contributed by atoms with Crippen molar-refractivity contribution in [2.45, 2.75) is 24.8 Å². The van der Waals surface area contributed by atoms with Crippen molar-refractivity contribution in [3.8, 4) is 0 Å². The standard InChI is InChI=1S/C19H19N3O5S/c1-11-8-9-13(19(24)27-3)10-15(11)21-18(23)12(2)20-17-14-6-4-5-7-16(14)28(25,26)22-17/h4-10,12H,1-3H3,(H,20,22)(H,21,23)/t12-/m0/s1. The first-order valence-corrected chi connectivity index (χ1v) is 9.91. The highest BCUT2D eigenvalue weighted by Gasteiger charge is 2.31.